The molecule has 0 aromatic carbocycles. The average molecular weight is 240 g/mol. The summed E-state index contributed by atoms with van der Waals surface area (Å²) < 4.78 is 5.20. The van der Waals surface area contributed by atoms with Crippen molar-refractivity contribution >= 4 is 11.9 Å². The van der Waals surface area contributed by atoms with Crippen LogP contribution in [0.5, 0.6) is 0 Å². The van der Waals surface area contributed by atoms with E-state index in [4.69, 9.17) is 9.84 Å². The van der Waals surface area contributed by atoms with E-state index in [1.165, 1.54) is 13.0 Å². The summed E-state index contributed by atoms with van der Waals surface area (Å²) >= 11 is 0. The van der Waals surface area contributed by atoms with E-state index in [1.54, 1.807) is 0 Å². The highest BCUT2D eigenvalue weighted by Gasteiger charge is 2.49. The Kier molecular flexibility index (Phi) is 5.65. The fraction of sp³-hybridized carbons (Fsp3) is 0.538. The van der Waals surface area contributed by atoms with Gasteiger partial charge in [0, 0.05) is 11.6 Å². The van der Waals surface area contributed by atoms with Gasteiger partial charge in [-0.1, -0.05) is 27.0 Å². The molecule has 96 valence electrons. The Morgan fingerprint density at radius 2 is 1.82 bits per heavy atom. The van der Waals surface area contributed by atoms with Crippen molar-refractivity contribution < 1.29 is 19.4 Å². The highest BCUT2D eigenvalue weighted by molar-refractivity contribution is 5.84. The van der Waals surface area contributed by atoms with Crippen LogP contribution < -0.4 is 0 Å². The van der Waals surface area contributed by atoms with Crippen molar-refractivity contribution in [1.82, 2.24) is 0 Å². The van der Waals surface area contributed by atoms with Crippen molar-refractivity contribution in [3.63, 3.8) is 0 Å². The Morgan fingerprint density at radius 3 is 2.00 bits per heavy atom. The van der Waals surface area contributed by atoms with Gasteiger partial charge in [-0.3, -0.25) is 0 Å². The molecular weight excluding hydrogens is 220 g/mol. The van der Waals surface area contributed by atoms with Crippen molar-refractivity contribution in [2.75, 3.05) is 0 Å². The number of rotatable bonds is 4. The second-order valence-electron chi connectivity index (χ2n) is 4.43. The van der Waals surface area contributed by atoms with Gasteiger partial charge in [-0.2, -0.15) is 0 Å². The first-order valence-corrected chi connectivity index (χ1v) is 5.49. The molecule has 4 nitrogen and oxygen atoms in total. The standard InChI is InChI=1S/C9H14O2.C4H6O2/c1-4-8(10)11-9(5-6-9)7(2)3;1-3(2)4(5)6/h4,7H,1,5-6H2,2-3H3;1H2,2H3,(H,5,6). The Morgan fingerprint density at radius 1 is 1.41 bits per heavy atom. The van der Waals surface area contributed by atoms with Gasteiger partial charge in [0.2, 0.25) is 0 Å². The summed E-state index contributed by atoms with van der Waals surface area (Å²) in [5, 5.41) is 7.89. The zero-order chi connectivity index (χ0) is 13.6. The number of aliphatic carboxylic acids is 1. The number of esters is 1. The van der Waals surface area contributed by atoms with Crippen LogP contribution in [0.1, 0.15) is 33.6 Å². The van der Waals surface area contributed by atoms with E-state index in [0.29, 0.717) is 5.92 Å². The summed E-state index contributed by atoms with van der Waals surface area (Å²) in [6.07, 6.45) is 3.23. The van der Waals surface area contributed by atoms with Crippen LogP contribution in [0.2, 0.25) is 0 Å². The molecule has 0 aliphatic heterocycles. The third-order valence-corrected chi connectivity index (χ3v) is 2.63. The van der Waals surface area contributed by atoms with Crippen LogP contribution in [-0.2, 0) is 14.3 Å². The summed E-state index contributed by atoms with van der Waals surface area (Å²) in [4.78, 5) is 20.4. The molecule has 0 amide bonds. The van der Waals surface area contributed by atoms with E-state index in [0.717, 1.165) is 12.8 Å². The largest absolute Gasteiger partial charge is 0.478 e. The van der Waals surface area contributed by atoms with E-state index in [2.05, 4.69) is 27.0 Å². The number of carbonyl (C=O) groups excluding carboxylic acids is 1. The van der Waals surface area contributed by atoms with E-state index in [9.17, 15) is 9.59 Å². The fourth-order valence-corrected chi connectivity index (χ4v) is 1.16. The third-order valence-electron chi connectivity index (χ3n) is 2.63. The molecule has 0 aromatic rings. The molecule has 4 heteroatoms. The minimum atomic E-state index is -0.935. The zero-order valence-corrected chi connectivity index (χ0v) is 10.7. The van der Waals surface area contributed by atoms with E-state index in [1.807, 2.05) is 0 Å². The molecule has 0 bridgehead atoms. The van der Waals surface area contributed by atoms with Crippen LogP contribution in [0.3, 0.4) is 0 Å². The number of carbonyl (C=O) groups is 2. The minimum absolute atomic E-state index is 0.148. The van der Waals surface area contributed by atoms with Gasteiger partial charge in [0.1, 0.15) is 5.60 Å². The van der Waals surface area contributed by atoms with Gasteiger partial charge in [0.05, 0.1) is 0 Å². The normalized spacial score (nSPS) is 15.3. The van der Waals surface area contributed by atoms with Crippen molar-refractivity contribution in [3.05, 3.63) is 24.8 Å². The molecule has 0 atom stereocenters. The van der Waals surface area contributed by atoms with E-state index < -0.39 is 5.97 Å². The lowest BCUT2D eigenvalue weighted by Gasteiger charge is -2.18. The molecule has 0 unspecified atom stereocenters. The first kappa shape index (κ1) is 15.4. The molecule has 0 spiro atoms. The second-order valence-corrected chi connectivity index (χ2v) is 4.43. The molecule has 1 aliphatic rings. The molecule has 1 saturated carbocycles. The molecule has 17 heavy (non-hydrogen) atoms. The molecular formula is C13H20O4. The van der Waals surface area contributed by atoms with Crippen molar-refractivity contribution in [3.8, 4) is 0 Å². The Hall–Kier alpha value is -1.58. The Labute approximate surface area is 102 Å². The Balaban J connectivity index is 0.000000366. The molecule has 0 radical (unpaired) electrons. The molecule has 0 aromatic heterocycles. The average Bonchev–Trinajstić information content (AvgIpc) is 2.99. The zero-order valence-electron chi connectivity index (χ0n) is 10.7. The first-order valence-electron chi connectivity index (χ1n) is 5.49. The molecule has 0 saturated heterocycles. The van der Waals surface area contributed by atoms with Gasteiger partial charge in [-0.05, 0) is 25.7 Å². The number of ether oxygens (including phenoxy) is 1. The maximum Gasteiger partial charge on any atom is 0.330 e. The van der Waals surface area contributed by atoms with Gasteiger partial charge < -0.3 is 9.84 Å². The van der Waals surface area contributed by atoms with Crippen LogP contribution >= 0.6 is 0 Å². The summed E-state index contributed by atoms with van der Waals surface area (Å²) in [5.74, 6) is -0.808. The molecule has 1 rings (SSSR count). The van der Waals surface area contributed by atoms with Gasteiger partial charge in [-0.15, -0.1) is 0 Å². The van der Waals surface area contributed by atoms with Crippen LogP contribution in [-0.4, -0.2) is 22.6 Å². The maximum absolute atomic E-state index is 10.8. The molecule has 1 N–H and O–H groups in total. The van der Waals surface area contributed by atoms with Gasteiger partial charge >= 0.3 is 11.9 Å². The smallest absolute Gasteiger partial charge is 0.330 e. The summed E-state index contributed by atoms with van der Waals surface area (Å²) in [7, 11) is 0. The van der Waals surface area contributed by atoms with Crippen molar-refractivity contribution in [1.29, 1.82) is 0 Å². The van der Waals surface area contributed by atoms with Gasteiger partial charge in [-0.25, -0.2) is 9.59 Å². The number of carboxylic acid groups (broad SMARTS) is 1. The van der Waals surface area contributed by atoms with Crippen LogP contribution in [0, 0.1) is 5.92 Å². The summed E-state index contributed by atoms with van der Waals surface area (Å²) in [5.41, 5.74) is 0.0284. The highest BCUT2D eigenvalue weighted by Crippen LogP contribution is 2.45. The fourth-order valence-electron chi connectivity index (χ4n) is 1.16. The van der Waals surface area contributed by atoms with Crippen LogP contribution in [0.15, 0.2) is 24.8 Å². The predicted octanol–water partition coefficient (Wildman–Crippen LogP) is 2.55. The lowest BCUT2D eigenvalue weighted by atomic mass is 10.1. The van der Waals surface area contributed by atoms with Gasteiger partial charge in [0.15, 0.2) is 0 Å². The number of carboxylic acids is 1. The van der Waals surface area contributed by atoms with E-state index in [-0.39, 0.29) is 17.1 Å². The highest BCUT2D eigenvalue weighted by atomic mass is 16.6. The maximum atomic E-state index is 10.8. The summed E-state index contributed by atoms with van der Waals surface area (Å²) in [6, 6.07) is 0. The van der Waals surface area contributed by atoms with Gasteiger partial charge in [0.25, 0.3) is 0 Å². The topological polar surface area (TPSA) is 63.6 Å². The van der Waals surface area contributed by atoms with Crippen molar-refractivity contribution in [2.45, 2.75) is 39.2 Å². The minimum Gasteiger partial charge on any atom is -0.478 e. The van der Waals surface area contributed by atoms with Crippen LogP contribution in [0.4, 0.5) is 0 Å². The van der Waals surface area contributed by atoms with Crippen molar-refractivity contribution in [2.24, 2.45) is 5.92 Å². The predicted molar refractivity (Wildman–Crippen MR) is 65.5 cm³/mol. The van der Waals surface area contributed by atoms with E-state index >= 15 is 0 Å². The third kappa shape index (κ3) is 5.33. The molecule has 1 fully saturated rings. The molecule has 0 heterocycles. The molecule has 1 aliphatic carbocycles. The van der Waals surface area contributed by atoms with Crippen LogP contribution in [0.25, 0.3) is 0 Å². The lowest BCUT2D eigenvalue weighted by Crippen LogP contribution is -2.24. The lowest BCUT2D eigenvalue weighted by molar-refractivity contribution is -0.147. The Bertz CT molecular complexity index is 312. The monoisotopic (exact) mass is 240 g/mol. The number of hydrogen-bond donors (Lipinski definition) is 1. The summed E-state index contributed by atoms with van der Waals surface area (Å²) in [6.45, 7) is 12.1. The number of hydrogen-bond acceptors (Lipinski definition) is 3. The second kappa shape index (κ2) is 6.23. The first-order chi connectivity index (χ1) is 7.75. The quantitative estimate of drug-likeness (QED) is 0.606. The SMILES string of the molecule is C=C(C)C(=O)O.C=CC(=O)OC1(C(C)C)CC1.